The molecule has 78 valence electrons. The van der Waals surface area contributed by atoms with Crippen LogP contribution in [-0.4, -0.2) is 35.7 Å². The van der Waals surface area contributed by atoms with E-state index in [2.05, 4.69) is 20.6 Å². The number of oxime groups is 1. The van der Waals surface area contributed by atoms with Crippen LogP contribution >= 0.6 is 0 Å². The zero-order valence-electron chi connectivity index (χ0n) is 8.36. The standard InChI is InChI=1S/C8H10N6O/c1-13-5-6(3-10-13)8(11-15)7-4-9-12-14(7)2/h3-5,15H,1-2H3/b11-8-. The minimum Gasteiger partial charge on any atom is -0.410 e. The van der Waals surface area contributed by atoms with E-state index in [1.807, 2.05) is 0 Å². The predicted octanol–water partition coefficient (Wildman–Crippen LogP) is -0.225. The Morgan fingerprint density at radius 2 is 2.20 bits per heavy atom. The lowest BCUT2D eigenvalue weighted by Gasteiger charge is -1.99. The molecule has 7 heteroatoms. The van der Waals surface area contributed by atoms with Crippen LogP contribution in [0.4, 0.5) is 0 Å². The van der Waals surface area contributed by atoms with Crippen molar-refractivity contribution in [2.75, 3.05) is 0 Å². The first-order chi connectivity index (χ1) is 7.22. The lowest BCUT2D eigenvalue weighted by molar-refractivity contribution is 0.319. The maximum absolute atomic E-state index is 8.97. The molecular formula is C8H10N6O. The van der Waals surface area contributed by atoms with Crippen LogP contribution in [0.25, 0.3) is 0 Å². The second kappa shape index (κ2) is 3.52. The lowest BCUT2D eigenvalue weighted by Crippen LogP contribution is -2.09. The van der Waals surface area contributed by atoms with Gasteiger partial charge in [-0.15, -0.1) is 5.10 Å². The van der Waals surface area contributed by atoms with Gasteiger partial charge in [0.15, 0.2) is 0 Å². The van der Waals surface area contributed by atoms with Gasteiger partial charge < -0.3 is 5.21 Å². The fourth-order valence-electron chi connectivity index (χ4n) is 1.30. The van der Waals surface area contributed by atoms with Gasteiger partial charge in [0.2, 0.25) is 0 Å². The molecule has 0 aromatic carbocycles. The van der Waals surface area contributed by atoms with Gasteiger partial charge in [-0.25, -0.2) is 4.68 Å². The second-order valence-corrected chi connectivity index (χ2v) is 3.09. The summed E-state index contributed by atoms with van der Waals surface area (Å²) in [5, 5.41) is 23.7. The number of hydrogen-bond acceptors (Lipinski definition) is 5. The van der Waals surface area contributed by atoms with Crippen LogP contribution in [0.5, 0.6) is 0 Å². The Hall–Kier alpha value is -2.18. The molecule has 0 saturated heterocycles. The molecule has 0 radical (unpaired) electrons. The summed E-state index contributed by atoms with van der Waals surface area (Å²) in [6.07, 6.45) is 4.89. The van der Waals surface area contributed by atoms with E-state index in [0.717, 1.165) is 0 Å². The molecule has 0 aliphatic rings. The Morgan fingerprint density at radius 3 is 2.67 bits per heavy atom. The highest BCUT2D eigenvalue weighted by Crippen LogP contribution is 2.07. The molecule has 7 nitrogen and oxygen atoms in total. The molecule has 2 aromatic heterocycles. The monoisotopic (exact) mass is 206 g/mol. The highest BCUT2D eigenvalue weighted by Gasteiger charge is 2.13. The van der Waals surface area contributed by atoms with Crippen LogP contribution in [-0.2, 0) is 14.1 Å². The number of nitrogens with zero attached hydrogens (tertiary/aromatic N) is 6. The molecule has 0 aliphatic carbocycles. The summed E-state index contributed by atoms with van der Waals surface area (Å²) in [4.78, 5) is 0. The van der Waals surface area contributed by atoms with Crippen LogP contribution < -0.4 is 0 Å². The highest BCUT2D eigenvalue weighted by molar-refractivity contribution is 6.11. The highest BCUT2D eigenvalue weighted by atomic mass is 16.4. The first kappa shape index (κ1) is 9.38. The SMILES string of the molecule is Cn1cc(/C(=N/O)c2cnnn2C)cn1. The second-order valence-electron chi connectivity index (χ2n) is 3.09. The zero-order chi connectivity index (χ0) is 10.8. The van der Waals surface area contributed by atoms with E-state index >= 15 is 0 Å². The molecule has 2 aromatic rings. The van der Waals surface area contributed by atoms with Crippen LogP contribution in [0.15, 0.2) is 23.7 Å². The van der Waals surface area contributed by atoms with Crippen molar-refractivity contribution in [1.29, 1.82) is 0 Å². The Bertz CT molecular complexity index is 497. The van der Waals surface area contributed by atoms with Crippen LogP contribution in [0.1, 0.15) is 11.3 Å². The molecule has 2 rings (SSSR count). The predicted molar refractivity (Wildman–Crippen MR) is 51.6 cm³/mol. The van der Waals surface area contributed by atoms with Gasteiger partial charge in [-0.2, -0.15) is 5.10 Å². The van der Waals surface area contributed by atoms with Gasteiger partial charge in [-0.1, -0.05) is 10.4 Å². The maximum Gasteiger partial charge on any atom is 0.139 e. The summed E-state index contributed by atoms with van der Waals surface area (Å²) in [5.74, 6) is 0. The molecule has 1 N–H and O–H groups in total. The average Bonchev–Trinajstić information content (AvgIpc) is 2.79. The summed E-state index contributed by atoms with van der Waals surface area (Å²) >= 11 is 0. The Labute approximate surface area is 85.6 Å². The third-order valence-corrected chi connectivity index (χ3v) is 2.04. The largest absolute Gasteiger partial charge is 0.410 e. The molecular weight excluding hydrogens is 196 g/mol. The smallest absolute Gasteiger partial charge is 0.139 e. The van der Waals surface area contributed by atoms with Crippen molar-refractivity contribution in [1.82, 2.24) is 24.8 Å². The third-order valence-electron chi connectivity index (χ3n) is 2.04. The third kappa shape index (κ3) is 1.58. The fraction of sp³-hybridized carbons (Fsp3) is 0.250. The molecule has 2 heterocycles. The van der Waals surface area contributed by atoms with E-state index in [-0.39, 0.29) is 0 Å². The minimum atomic E-state index is 0.399. The molecule has 0 aliphatic heterocycles. The van der Waals surface area contributed by atoms with Crippen molar-refractivity contribution in [3.63, 3.8) is 0 Å². The molecule has 0 amide bonds. The molecule has 0 bridgehead atoms. The van der Waals surface area contributed by atoms with E-state index in [0.29, 0.717) is 17.0 Å². The summed E-state index contributed by atoms with van der Waals surface area (Å²) in [6.45, 7) is 0. The van der Waals surface area contributed by atoms with Crippen LogP contribution in [0, 0.1) is 0 Å². The first-order valence-electron chi connectivity index (χ1n) is 4.28. The topological polar surface area (TPSA) is 81.1 Å². The van der Waals surface area contributed by atoms with Crippen molar-refractivity contribution < 1.29 is 5.21 Å². The molecule has 15 heavy (non-hydrogen) atoms. The van der Waals surface area contributed by atoms with Crippen molar-refractivity contribution in [2.24, 2.45) is 19.3 Å². The van der Waals surface area contributed by atoms with Crippen molar-refractivity contribution in [3.05, 3.63) is 29.8 Å². The Kier molecular flexibility index (Phi) is 2.20. The molecule has 0 spiro atoms. The number of aromatic nitrogens is 5. The van der Waals surface area contributed by atoms with Gasteiger partial charge in [0.25, 0.3) is 0 Å². The van der Waals surface area contributed by atoms with E-state index in [9.17, 15) is 0 Å². The average molecular weight is 206 g/mol. The summed E-state index contributed by atoms with van der Waals surface area (Å²) in [5.41, 5.74) is 1.74. The molecule has 0 fully saturated rings. The quantitative estimate of drug-likeness (QED) is 0.418. The zero-order valence-corrected chi connectivity index (χ0v) is 8.36. The number of rotatable bonds is 2. The number of aryl methyl sites for hydroxylation is 2. The minimum absolute atomic E-state index is 0.399. The van der Waals surface area contributed by atoms with Gasteiger partial charge in [0.1, 0.15) is 11.4 Å². The van der Waals surface area contributed by atoms with Gasteiger partial charge in [0, 0.05) is 25.9 Å². The van der Waals surface area contributed by atoms with Crippen molar-refractivity contribution in [2.45, 2.75) is 0 Å². The van der Waals surface area contributed by atoms with E-state index in [1.54, 1.807) is 31.2 Å². The molecule has 0 atom stereocenters. The van der Waals surface area contributed by atoms with E-state index in [1.165, 1.54) is 10.9 Å². The van der Waals surface area contributed by atoms with E-state index in [4.69, 9.17) is 5.21 Å². The van der Waals surface area contributed by atoms with Crippen molar-refractivity contribution in [3.8, 4) is 0 Å². The van der Waals surface area contributed by atoms with E-state index < -0.39 is 0 Å². The number of hydrogen-bond donors (Lipinski definition) is 1. The molecule has 0 unspecified atom stereocenters. The van der Waals surface area contributed by atoms with Crippen LogP contribution in [0.3, 0.4) is 0 Å². The summed E-state index contributed by atoms with van der Waals surface area (Å²) in [6, 6.07) is 0. The summed E-state index contributed by atoms with van der Waals surface area (Å²) < 4.78 is 3.16. The van der Waals surface area contributed by atoms with Gasteiger partial charge in [0.05, 0.1) is 12.4 Å². The van der Waals surface area contributed by atoms with Gasteiger partial charge in [-0.05, 0) is 0 Å². The normalized spacial score (nSPS) is 12.0. The van der Waals surface area contributed by atoms with Gasteiger partial charge >= 0.3 is 0 Å². The maximum atomic E-state index is 8.97. The van der Waals surface area contributed by atoms with Gasteiger partial charge in [-0.3, -0.25) is 4.68 Å². The first-order valence-corrected chi connectivity index (χ1v) is 4.28. The lowest BCUT2D eigenvalue weighted by atomic mass is 10.2. The Balaban J connectivity index is 2.47. The fourth-order valence-corrected chi connectivity index (χ4v) is 1.30. The Morgan fingerprint density at radius 1 is 1.40 bits per heavy atom. The van der Waals surface area contributed by atoms with Crippen LogP contribution in [0.2, 0.25) is 0 Å². The molecule has 0 saturated carbocycles. The van der Waals surface area contributed by atoms with Crippen molar-refractivity contribution >= 4 is 5.71 Å². The summed E-state index contributed by atoms with van der Waals surface area (Å²) in [7, 11) is 3.52.